The molecule has 1 saturated heterocycles. The van der Waals surface area contributed by atoms with E-state index >= 15 is 0 Å². The molecule has 1 amide bonds. The highest BCUT2D eigenvalue weighted by Crippen LogP contribution is 2.25. The smallest absolute Gasteiger partial charge is 0.269 e. The molecular formula is C27H25N5O3. The number of piperazine rings is 1. The van der Waals surface area contributed by atoms with E-state index in [-0.39, 0.29) is 11.6 Å². The quantitative estimate of drug-likeness (QED) is 0.309. The van der Waals surface area contributed by atoms with Crippen molar-refractivity contribution in [2.75, 3.05) is 31.1 Å². The van der Waals surface area contributed by atoms with Crippen LogP contribution in [0, 0.1) is 10.1 Å². The molecule has 0 N–H and O–H groups in total. The first-order chi connectivity index (χ1) is 17.1. The largest absolute Gasteiger partial charge is 0.368 e. The van der Waals surface area contributed by atoms with Gasteiger partial charge in [-0.15, -0.1) is 0 Å². The maximum atomic E-state index is 13.6. The third-order valence-corrected chi connectivity index (χ3v) is 6.22. The van der Waals surface area contributed by atoms with Crippen molar-refractivity contribution in [1.29, 1.82) is 0 Å². The van der Waals surface area contributed by atoms with Crippen molar-refractivity contribution in [3.05, 3.63) is 112 Å². The summed E-state index contributed by atoms with van der Waals surface area (Å²) in [5.74, 6) is -0.0356. The lowest BCUT2D eigenvalue weighted by atomic mass is 10.1. The van der Waals surface area contributed by atoms with E-state index in [1.807, 2.05) is 76.4 Å². The molecule has 1 aliphatic heterocycles. The lowest BCUT2D eigenvalue weighted by Gasteiger charge is -2.36. The Bertz CT molecular complexity index is 1310. The van der Waals surface area contributed by atoms with Gasteiger partial charge in [0.05, 0.1) is 17.0 Å². The number of rotatable bonds is 6. The minimum absolute atomic E-state index is 0.0356. The minimum atomic E-state index is -0.400. The van der Waals surface area contributed by atoms with Crippen molar-refractivity contribution in [1.82, 2.24) is 14.7 Å². The van der Waals surface area contributed by atoms with Crippen molar-refractivity contribution in [2.45, 2.75) is 6.54 Å². The Hall–Kier alpha value is -4.46. The predicted octanol–water partition coefficient (Wildman–Crippen LogP) is 4.47. The summed E-state index contributed by atoms with van der Waals surface area (Å²) >= 11 is 0. The van der Waals surface area contributed by atoms with E-state index in [0.29, 0.717) is 44.0 Å². The molecule has 0 atom stereocenters. The first-order valence-corrected chi connectivity index (χ1v) is 11.5. The lowest BCUT2D eigenvalue weighted by molar-refractivity contribution is -0.384. The Morgan fingerprint density at radius 2 is 1.49 bits per heavy atom. The van der Waals surface area contributed by atoms with E-state index in [0.717, 1.165) is 16.8 Å². The Morgan fingerprint density at radius 3 is 2.11 bits per heavy atom. The van der Waals surface area contributed by atoms with Crippen molar-refractivity contribution < 1.29 is 9.72 Å². The van der Waals surface area contributed by atoms with Crippen LogP contribution in [0.5, 0.6) is 0 Å². The van der Waals surface area contributed by atoms with Gasteiger partial charge >= 0.3 is 0 Å². The summed E-state index contributed by atoms with van der Waals surface area (Å²) < 4.78 is 1.83. The van der Waals surface area contributed by atoms with Crippen LogP contribution < -0.4 is 4.90 Å². The van der Waals surface area contributed by atoms with Gasteiger partial charge in [0.25, 0.3) is 11.6 Å². The summed E-state index contributed by atoms with van der Waals surface area (Å²) in [6.07, 6.45) is 1.85. The average molecular weight is 468 g/mol. The molecule has 8 nitrogen and oxygen atoms in total. The molecule has 4 aromatic rings. The Labute approximate surface area is 203 Å². The number of hydrogen-bond donors (Lipinski definition) is 0. The number of carbonyl (C=O) groups is 1. The normalized spacial score (nSPS) is 13.6. The number of carbonyl (C=O) groups excluding carboxylic acids is 1. The molecule has 3 aromatic carbocycles. The average Bonchev–Trinajstić information content (AvgIpc) is 3.33. The molecule has 0 bridgehead atoms. The number of nitrogens with zero attached hydrogens (tertiary/aromatic N) is 5. The Morgan fingerprint density at radius 1 is 0.857 bits per heavy atom. The molecule has 176 valence electrons. The molecular weight excluding hydrogens is 442 g/mol. The number of benzene rings is 3. The fourth-order valence-electron chi connectivity index (χ4n) is 4.36. The SMILES string of the molecule is O=C(c1cn(Cc2ccccc2)nc1-c1ccccc1)N1CCN(c2ccc([N+](=O)[O-])cc2)CC1. The molecule has 8 heteroatoms. The summed E-state index contributed by atoms with van der Waals surface area (Å²) in [6.45, 7) is 3.02. The van der Waals surface area contributed by atoms with Crippen LogP contribution in [0.15, 0.2) is 91.1 Å². The minimum Gasteiger partial charge on any atom is -0.368 e. The van der Waals surface area contributed by atoms with Gasteiger partial charge in [-0.05, 0) is 17.7 Å². The lowest BCUT2D eigenvalue weighted by Crippen LogP contribution is -2.48. The molecule has 0 unspecified atom stereocenters. The van der Waals surface area contributed by atoms with E-state index in [4.69, 9.17) is 5.10 Å². The second kappa shape index (κ2) is 9.80. The van der Waals surface area contributed by atoms with Crippen LogP contribution in [-0.2, 0) is 6.54 Å². The third-order valence-electron chi connectivity index (χ3n) is 6.22. The second-order valence-electron chi connectivity index (χ2n) is 8.49. The maximum absolute atomic E-state index is 13.6. The molecule has 0 aliphatic carbocycles. The van der Waals surface area contributed by atoms with Crippen molar-refractivity contribution >= 4 is 17.3 Å². The van der Waals surface area contributed by atoms with Gasteiger partial charge in [-0.3, -0.25) is 19.6 Å². The van der Waals surface area contributed by atoms with Gasteiger partial charge in [-0.25, -0.2) is 0 Å². The molecule has 1 fully saturated rings. The van der Waals surface area contributed by atoms with Crippen LogP contribution in [0.2, 0.25) is 0 Å². The van der Waals surface area contributed by atoms with Crippen LogP contribution in [0.1, 0.15) is 15.9 Å². The van der Waals surface area contributed by atoms with E-state index in [1.165, 1.54) is 12.1 Å². The zero-order valence-electron chi connectivity index (χ0n) is 19.2. The Kier molecular flexibility index (Phi) is 6.26. The van der Waals surface area contributed by atoms with Crippen molar-refractivity contribution in [3.8, 4) is 11.3 Å². The third kappa shape index (κ3) is 4.91. The summed E-state index contributed by atoms with van der Waals surface area (Å²) in [6, 6.07) is 26.4. The zero-order chi connectivity index (χ0) is 24.2. The topological polar surface area (TPSA) is 84.5 Å². The van der Waals surface area contributed by atoms with Gasteiger partial charge in [0, 0.05) is 55.8 Å². The second-order valence-corrected chi connectivity index (χ2v) is 8.49. The number of hydrogen-bond acceptors (Lipinski definition) is 5. The number of nitro groups is 1. The standard InChI is InChI=1S/C27H25N5O3/c33-27(30-17-15-29(16-18-30)23-11-13-24(14-12-23)32(34)35)25-20-31(19-21-7-3-1-4-8-21)28-26(25)22-9-5-2-6-10-22/h1-14,20H,15-19H2. The van der Waals surface area contributed by atoms with Crippen molar-refractivity contribution in [2.24, 2.45) is 0 Å². The fourth-order valence-corrected chi connectivity index (χ4v) is 4.36. The first-order valence-electron chi connectivity index (χ1n) is 11.5. The van der Waals surface area contributed by atoms with Gasteiger partial charge in [0.2, 0.25) is 0 Å². The van der Waals surface area contributed by atoms with E-state index in [9.17, 15) is 14.9 Å². The monoisotopic (exact) mass is 467 g/mol. The van der Waals surface area contributed by atoms with Crippen LogP contribution in [-0.4, -0.2) is 51.7 Å². The van der Waals surface area contributed by atoms with Crippen LogP contribution >= 0.6 is 0 Å². The maximum Gasteiger partial charge on any atom is 0.269 e. The van der Waals surface area contributed by atoms with Crippen LogP contribution in [0.25, 0.3) is 11.3 Å². The molecule has 2 heterocycles. The van der Waals surface area contributed by atoms with E-state index in [1.54, 1.807) is 12.1 Å². The fraction of sp³-hybridized carbons (Fsp3) is 0.185. The molecule has 0 saturated carbocycles. The molecule has 35 heavy (non-hydrogen) atoms. The molecule has 0 spiro atoms. The van der Waals surface area contributed by atoms with Gasteiger partial charge in [0.1, 0.15) is 5.69 Å². The van der Waals surface area contributed by atoms with Crippen molar-refractivity contribution in [3.63, 3.8) is 0 Å². The van der Waals surface area contributed by atoms with Crippen LogP contribution in [0.4, 0.5) is 11.4 Å². The zero-order valence-corrected chi connectivity index (χ0v) is 19.2. The molecule has 1 aliphatic rings. The Balaban J connectivity index is 1.34. The van der Waals surface area contributed by atoms with E-state index < -0.39 is 4.92 Å². The van der Waals surface area contributed by atoms with E-state index in [2.05, 4.69) is 4.90 Å². The number of nitro benzene ring substituents is 1. The predicted molar refractivity (Wildman–Crippen MR) is 134 cm³/mol. The number of anilines is 1. The number of non-ortho nitro benzene ring substituents is 1. The summed E-state index contributed by atoms with van der Waals surface area (Å²) in [5, 5.41) is 15.7. The molecule has 0 radical (unpaired) electrons. The van der Waals surface area contributed by atoms with Crippen LogP contribution in [0.3, 0.4) is 0 Å². The van der Waals surface area contributed by atoms with Gasteiger partial charge in [0.15, 0.2) is 0 Å². The van der Waals surface area contributed by atoms with Gasteiger partial charge < -0.3 is 9.80 Å². The highest BCUT2D eigenvalue weighted by molar-refractivity contribution is 6.00. The summed E-state index contributed by atoms with van der Waals surface area (Å²) in [7, 11) is 0. The molecule has 1 aromatic heterocycles. The highest BCUT2D eigenvalue weighted by atomic mass is 16.6. The number of aromatic nitrogens is 2. The first kappa shape index (κ1) is 22.3. The van der Waals surface area contributed by atoms with Gasteiger partial charge in [-0.2, -0.15) is 5.10 Å². The summed E-state index contributed by atoms with van der Waals surface area (Å²) in [4.78, 5) is 28.1. The molecule has 5 rings (SSSR count). The van der Waals surface area contributed by atoms with Gasteiger partial charge in [-0.1, -0.05) is 60.7 Å². The number of amides is 1. The summed E-state index contributed by atoms with van der Waals surface area (Å²) in [5.41, 5.74) is 4.30. The highest BCUT2D eigenvalue weighted by Gasteiger charge is 2.26.